The fourth-order valence-electron chi connectivity index (χ4n) is 3.50. The Morgan fingerprint density at radius 3 is 2.50 bits per heavy atom. The molecule has 0 radical (unpaired) electrons. The lowest BCUT2D eigenvalue weighted by Crippen LogP contribution is -2.15. The first-order valence-electron chi connectivity index (χ1n) is 10.6. The van der Waals surface area contributed by atoms with E-state index < -0.39 is 0 Å². The lowest BCUT2D eigenvalue weighted by molar-refractivity contribution is -0.113. The fraction of sp³-hybridized carbons (Fsp3) is 0.125. The topological polar surface area (TPSA) is 99.8 Å². The highest BCUT2D eigenvalue weighted by atomic mass is 32.2. The van der Waals surface area contributed by atoms with Gasteiger partial charge in [0.15, 0.2) is 11.0 Å². The van der Waals surface area contributed by atoms with Gasteiger partial charge in [0.2, 0.25) is 5.91 Å². The predicted octanol–water partition coefficient (Wildman–Crippen LogP) is 3.80. The van der Waals surface area contributed by atoms with E-state index in [1.807, 2.05) is 59.2 Å². The van der Waals surface area contributed by atoms with Gasteiger partial charge in [-0.1, -0.05) is 47.3 Å². The summed E-state index contributed by atoms with van der Waals surface area (Å²) in [6, 6.07) is 24.8. The average molecular weight is 472 g/mol. The van der Waals surface area contributed by atoms with E-state index in [9.17, 15) is 4.79 Å². The number of anilines is 1. The van der Waals surface area contributed by atoms with Crippen molar-refractivity contribution in [2.45, 2.75) is 11.7 Å². The third-order valence-corrected chi connectivity index (χ3v) is 6.06. The fourth-order valence-corrected chi connectivity index (χ4v) is 4.27. The molecule has 0 unspecified atom stereocenters. The van der Waals surface area contributed by atoms with Gasteiger partial charge in [-0.25, -0.2) is 4.68 Å². The smallest absolute Gasteiger partial charge is 0.234 e. The Balaban J connectivity index is 1.36. The molecule has 1 N–H and O–H groups in total. The van der Waals surface area contributed by atoms with Gasteiger partial charge in [-0.05, 0) is 48.5 Å². The van der Waals surface area contributed by atoms with Crippen molar-refractivity contribution in [3.8, 4) is 11.4 Å². The predicted molar refractivity (Wildman–Crippen MR) is 130 cm³/mol. The number of carbonyl (C=O) groups excluding carboxylic acids is 1. The van der Waals surface area contributed by atoms with Gasteiger partial charge < -0.3 is 10.1 Å². The molecule has 2 aromatic heterocycles. The normalized spacial score (nSPS) is 11.0. The molecule has 34 heavy (non-hydrogen) atoms. The van der Waals surface area contributed by atoms with E-state index in [0.29, 0.717) is 23.2 Å². The largest absolute Gasteiger partial charge is 0.497 e. The number of thioether (sulfide) groups is 1. The van der Waals surface area contributed by atoms with E-state index in [0.717, 1.165) is 22.5 Å². The van der Waals surface area contributed by atoms with Crippen LogP contribution in [0.1, 0.15) is 5.82 Å². The number of nitrogens with one attached hydrogen (secondary N) is 1. The van der Waals surface area contributed by atoms with E-state index in [1.165, 1.54) is 11.8 Å². The zero-order chi connectivity index (χ0) is 23.3. The van der Waals surface area contributed by atoms with Crippen LogP contribution >= 0.6 is 11.8 Å². The summed E-state index contributed by atoms with van der Waals surface area (Å²) in [6.45, 7) is 0.390. The van der Waals surface area contributed by atoms with Crippen molar-refractivity contribution in [1.82, 2.24) is 29.8 Å². The van der Waals surface area contributed by atoms with Crippen molar-refractivity contribution in [2.24, 2.45) is 0 Å². The number of para-hydroxylation sites is 2. The van der Waals surface area contributed by atoms with Gasteiger partial charge in [0.25, 0.3) is 0 Å². The Kier molecular flexibility index (Phi) is 6.21. The molecule has 0 saturated heterocycles. The lowest BCUT2D eigenvalue weighted by atomic mass is 10.3. The standard InChI is InChI=1S/C24H21N7O2S/c1-33-19-13-11-17(12-14-19)25-23(32)16-34-24-28-27-22(31(24)18-7-3-2-4-8-18)15-30-21-10-6-5-9-20(21)26-29-30/h2-14H,15-16H2,1H3,(H,25,32). The van der Waals surface area contributed by atoms with Crippen molar-refractivity contribution >= 4 is 34.4 Å². The van der Waals surface area contributed by atoms with Crippen LogP contribution in [0.15, 0.2) is 84.0 Å². The maximum absolute atomic E-state index is 12.6. The van der Waals surface area contributed by atoms with E-state index in [1.54, 1.807) is 36.1 Å². The Hall–Kier alpha value is -4.18. The van der Waals surface area contributed by atoms with E-state index in [-0.39, 0.29) is 11.7 Å². The molecule has 2 heterocycles. The van der Waals surface area contributed by atoms with Crippen LogP contribution in [0.25, 0.3) is 16.7 Å². The molecule has 0 bridgehead atoms. The zero-order valence-corrected chi connectivity index (χ0v) is 19.1. The number of hydrogen-bond donors (Lipinski definition) is 1. The van der Waals surface area contributed by atoms with Crippen molar-refractivity contribution in [3.05, 3.63) is 84.7 Å². The van der Waals surface area contributed by atoms with Crippen molar-refractivity contribution in [3.63, 3.8) is 0 Å². The highest BCUT2D eigenvalue weighted by Gasteiger charge is 2.17. The van der Waals surface area contributed by atoms with E-state index in [2.05, 4.69) is 25.8 Å². The molecule has 0 aliphatic carbocycles. The van der Waals surface area contributed by atoms with Crippen molar-refractivity contribution in [2.75, 3.05) is 18.2 Å². The number of hydrogen-bond acceptors (Lipinski definition) is 7. The van der Waals surface area contributed by atoms with Gasteiger partial charge in [-0.15, -0.1) is 15.3 Å². The second-order valence-electron chi connectivity index (χ2n) is 7.37. The van der Waals surface area contributed by atoms with Crippen LogP contribution in [-0.4, -0.2) is 48.5 Å². The van der Waals surface area contributed by atoms with E-state index >= 15 is 0 Å². The van der Waals surface area contributed by atoms with Crippen LogP contribution in [0.2, 0.25) is 0 Å². The SMILES string of the molecule is COc1ccc(NC(=O)CSc2nnc(Cn3nnc4ccccc43)n2-c2ccccc2)cc1. The number of rotatable bonds is 8. The lowest BCUT2D eigenvalue weighted by Gasteiger charge is -2.11. The number of amides is 1. The van der Waals surface area contributed by atoms with Crippen LogP contribution in [0, 0.1) is 0 Å². The Bertz CT molecular complexity index is 1410. The third-order valence-electron chi connectivity index (χ3n) is 5.13. The third kappa shape index (κ3) is 4.62. The molecular formula is C24H21N7O2S. The van der Waals surface area contributed by atoms with E-state index in [4.69, 9.17) is 4.74 Å². The number of aromatic nitrogens is 6. The second-order valence-corrected chi connectivity index (χ2v) is 8.31. The maximum atomic E-state index is 12.6. The van der Waals surface area contributed by atoms with Gasteiger partial charge in [0, 0.05) is 11.4 Å². The quantitative estimate of drug-likeness (QED) is 0.344. The molecule has 0 spiro atoms. The number of fused-ring (bicyclic) bond motifs is 1. The molecule has 9 nitrogen and oxygen atoms in total. The van der Waals surface area contributed by atoms with Gasteiger partial charge in [0.05, 0.1) is 18.4 Å². The molecule has 0 atom stereocenters. The summed E-state index contributed by atoms with van der Waals surface area (Å²) >= 11 is 1.32. The molecular weight excluding hydrogens is 450 g/mol. The number of ether oxygens (including phenoxy) is 1. The van der Waals surface area contributed by atoms with Crippen molar-refractivity contribution in [1.29, 1.82) is 0 Å². The Labute approximate surface area is 199 Å². The number of methoxy groups -OCH3 is 1. The molecule has 5 aromatic rings. The molecule has 3 aromatic carbocycles. The van der Waals surface area contributed by atoms with Crippen LogP contribution in [0.4, 0.5) is 5.69 Å². The highest BCUT2D eigenvalue weighted by Crippen LogP contribution is 2.24. The summed E-state index contributed by atoms with van der Waals surface area (Å²) in [6.07, 6.45) is 0. The summed E-state index contributed by atoms with van der Waals surface area (Å²) in [5, 5.41) is 20.8. The summed E-state index contributed by atoms with van der Waals surface area (Å²) in [5.41, 5.74) is 3.34. The van der Waals surface area contributed by atoms with Crippen LogP contribution in [0.3, 0.4) is 0 Å². The number of nitrogens with zero attached hydrogens (tertiary/aromatic N) is 6. The van der Waals surface area contributed by atoms with Gasteiger partial charge >= 0.3 is 0 Å². The monoisotopic (exact) mass is 471 g/mol. The molecule has 0 fully saturated rings. The van der Waals surface area contributed by atoms with Crippen LogP contribution in [0.5, 0.6) is 5.75 Å². The minimum Gasteiger partial charge on any atom is -0.497 e. The maximum Gasteiger partial charge on any atom is 0.234 e. The zero-order valence-electron chi connectivity index (χ0n) is 18.3. The first-order chi connectivity index (χ1) is 16.7. The molecule has 10 heteroatoms. The minimum absolute atomic E-state index is 0.137. The summed E-state index contributed by atoms with van der Waals surface area (Å²) < 4.78 is 8.89. The van der Waals surface area contributed by atoms with Gasteiger partial charge in [-0.3, -0.25) is 9.36 Å². The van der Waals surface area contributed by atoms with Crippen molar-refractivity contribution < 1.29 is 9.53 Å². The molecule has 0 aliphatic heterocycles. The average Bonchev–Trinajstić information content (AvgIpc) is 3.48. The number of carbonyl (C=O) groups is 1. The summed E-state index contributed by atoms with van der Waals surface area (Å²) in [4.78, 5) is 12.6. The molecule has 0 aliphatic rings. The highest BCUT2D eigenvalue weighted by molar-refractivity contribution is 7.99. The van der Waals surface area contributed by atoms with Crippen LogP contribution in [-0.2, 0) is 11.3 Å². The summed E-state index contributed by atoms with van der Waals surface area (Å²) in [7, 11) is 1.60. The molecule has 1 amide bonds. The van der Waals surface area contributed by atoms with Crippen LogP contribution < -0.4 is 10.1 Å². The van der Waals surface area contributed by atoms with Gasteiger partial charge in [0.1, 0.15) is 17.8 Å². The molecule has 5 rings (SSSR count). The Morgan fingerprint density at radius 2 is 1.71 bits per heavy atom. The Morgan fingerprint density at radius 1 is 0.941 bits per heavy atom. The van der Waals surface area contributed by atoms with Gasteiger partial charge in [-0.2, -0.15) is 0 Å². The molecule has 0 saturated carbocycles. The minimum atomic E-state index is -0.137. The molecule has 170 valence electrons. The first kappa shape index (κ1) is 21.7. The summed E-state index contributed by atoms with van der Waals surface area (Å²) in [5.74, 6) is 1.47. The number of benzene rings is 3. The first-order valence-corrected chi connectivity index (χ1v) is 11.5. The second kappa shape index (κ2) is 9.75.